The lowest BCUT2D eigenvalue weighted by Gasteiger charge is -2.07. The largest absolute Gasteiger partial charge is 0.396 e. The predicted octanol–water partition coefficient (Wildman–Crippen LogP) is 1.73. The first-order valence-corrected chi connectivity index (χ1v) is 5.75. The van der Waals surface area contributed by atoms with Crippen LogP contribution in [0, 0.1) is 10.1 Å². The van der Waals surface area contributed by atoms with E-state index in [-0.39, 0.29) is 12.3 Å². The molecule has 1 aromatic carbocycles. The third-order valence-electron chi connectivity index (χ3n) is 2.01. The molecule has 88 valence electrons. The summed E-state index contributed by atoms with van der Waals surface area (Å²) < 4.78 is 0. The van der Waals surface area contributed by atoms with Crippen LogP contribution in [0.3, 0.4) is 0 Å². The number of rotatable bonds is 5. The highest BCUT2D eigenvalue weighted by Crippen LogP contribution is 2.31. The van der Waals surface area contributed by atoms with E-state index in [0.717, 1.165) is 0 Å². The molecule has 0 fully saturated rings. The van der Waals surface area contributed by atoms with Crippen LogP contribution >= 0.6 is 11.8 Å². The molecule has 0 saturated carbocycles. The summed E-state index contributed by atoms with van der Waals surface area (Å²) in [6.45, 7) is 1.53. The van der Waals surface area contributed by atoms with Gasteiger partial charge >= 0.3 is 0 Å². The molecule has 16 heavy (non-hydrogen) atoms. The Balaban J connectivity index is 3.04. The van der Waals surface area contributed by atoms with Gasteiger partial charge in [-0.25, -0.2) is 0 Å². The lowest BCUT2D eigenvalue weighted by molar-refractivity contribution is -0.387. The van der Waals surface area contributed by atoms with E-state index in [1.807, 2.05) is 0 Å². The fraction of sp³-hybridized carbons (Fsp3) is 0.400. The highest BCUT2D eigenvalue weighted by atomic mass is 32.2. The van der Waals surface area contributed by atoms with Crippen LogP contribution in [0.2, 0.25) is 0 Å². The standard InChI is InChI=1S/C10H13NO4S/c1-7(13)8-2-3-10(16-5-4-12)9(6-8)11(14)15/h2-3,6-7,12-13H,4-5H2,1H3/t7-/m1/s1. The molecular formula is C10H13NO4S. The van der Waals surface area contributed by atoms with Crippen molar-refractivity contribution in [1.82, 2.24) is 0 Å². The van der Waals surface area contributed by atoms with Crippen LogP contribution in [-0.2, 0) is 0 Å². The summed E-state index contributed by atoms with van der Waals surface area (Å²) in [5.41, 5.74) is 0.483. The van der Waals surface area contributed by atoms with Crippen LogP contribution in [0.5, 0.6) is 0 Å². The third-order valence-corrected chi connectivity index (χ3v) is 3.05. The molecule has 1 atom stereocenters. The van der Waals surface area contributed by atoms with Crippen molar-refractivity contribution >= 4 is 17.4 Å². The average Bonchev–Trinajstić information content (AvgIpc) is 2.25. The quantitative estimate of drug-likeness (QED) is 0.467. The fourth-order valence-corrected chi connectivity index (χ4v) is 1.97. The van der Waals surface area contributed by atoms with E-state index in [1.54, 1.807) is 19.1 Å². The molecule has 0 bridgehead atoms. The number of nitrogens with zero attached hydrogens (tertiary/aromatic N) is 1. The second kappa shape index (κ2) is 5.83. The Labute approximate surface area is 97.3 Å². The maximum atomic E-state index is 10.8. The van der Waals surface area contributed by atoms with Crippen molar-refractivity contribution in [3.05, 3.63) is 33.9 Å². The van der Waals surface area contributed by atoms with Gasteiger partial charge in [-0.05, 0) is 18.6 Å². The van der Waals surface area contributed by atoms with Crippen molar-refractivity contribution < 1.29 is 15.1 Å². The Morgan fingerprint density at radius 1 is 1.56 bits per heavy atom. The molecule has 0 radical (unpaired) electrons. The monoisotopic (exact) mass is 243 g/mol. The minimum Gasteiger partial charge on any atom is -0.396 e. The molecule has 2 N–H and O–H groups in total. The first kappa shape index (κ1) is 13.0. The molecule has 0 saturated heterocycles. The Morgan fingerprint density at radius 2 is 2.25 bits per heavy atom. The summed E-state index contributed by atoms with van der Waals surface area (Å²) >= 11 is 1.22. The third kappa shape index (κ3) is 3.19. The Kier molecular flexibility index (Phi) is 4.72. The summed E-state index contributed by atoms with van der Waals surface area (Å²) in [4.78, 5) is 10.8. The zero-order chi connectivity index (χ0) is 12.1. The molecule has 5 nitrogen and oxygen atoms in total. The average molecular weight is 243 g/mol. The lowest BCUT2D eigenvalue weighted by Crippen LogP contribution is -1.97. The summed E-state index contributed by atoms with van der Waals surface area (Å²) in [6.07, 6.45) is -0.726. The maximum absolute atomic E-state index is 10.8. The van der Waals surface area contributed by atoms with Gasteiger partial charge in [0, 0.05) is 11.8 Å². The molecule has 1 aromatic rings. The number of thioether (sulfide) groups is 1. The Bertz CT molecular complexity index is 381. The number of nitro groups is 1. The summed E-state index contributed by atoms with van der Waals surface area (Å²) in [5.74, 6) is 0.412. The van der Waals surface area contributed by atoms with E-state index in [4.69, 9.17) is 5.11 Å². The smallest absolute Gasteiger partial charge is 0.283 e. The predicted molar refractivity (Wildman–Crippen MR) is 61.5 cm³/mol. The number of hydrogen-bond acceptors (Lipinski definition) is 5. The minimum atomic E-state index is -0.726. The van der Waals surface area contributed by atoms with Crippen LogP contribution in [-0.4, -0.2) is 27.5 Å². The van der Waals surface area contributed by atoms with Crippen molar-refractivity contribution in [1.29, 1.82) is 0 Å². The van der Waals surface area contributed by atoms with E-state index in [0.29, 0.717) is 16.2 Å². The number of nitro benzene ring substituents is 1. The van der Waals surface area contributed by atoms with Crippen LogP contribution < -0.4 is 0 Å². The van der Waals surface area contributed by atoms with E-state index in [1.165, 1.54) is 17.8 Å². The number of aliphatic hydroxyl groups excluding tert-OH is 2. The zero-order valence-corrected chi connectivity index (χ0v) is 9.61. The van der Waals surface area contributed by atoms with Gasteiger partial charge in [-0.15, -0.1) is 11.8 Å². The second-order valence-corrected chi connectivity index (χ2v) is 4.37. The minimum absolute atomic E-state index is 0.0278. The lowest BCUT2D eigenvalue weighted by atomic mass is 10.1. The summed E-state index contributed by atoms with van der Waals surface area (Å²) in [7, 11) is 0. The molecule has 0 aliphatic carbocycles. The molecule has 0 aliphatic heterocycles. The molecule has 0 aliphatic rings. The number of benzene rings is 1. The Morgan fingerprint density at radius 3 is 2.75 bits per heavy atom. The van der Waals surface area contributed by atoms with Gasteiger partial charge in [0.05, 0.1) is 22.5 Å². The highest BCUT2D eigenvalue weighted by molar-refractivity contribution is 7.99. The SMILES string of the molecule is C[C@@H](O)c1ccc(SCCO)c([N+](=O)[O-])c1. The van der Waals surface area contributed by atoms with Gasteiger partial charge in [0.1, 0.15) is 0 Å². The van der Waals surface area contributed by atoms with Crippen LogP contribution in [0.25, 0.3) is 0 Å². The topological polar surface area (TPSA) is 83.6 Å². The van der Waals surface area contributed by atoms with Crippen molar-refractivity contribution in [2.24, 2.45) is 0 Å². The van der Waals surface area contributed by atoms with Crippen LogP contribution in [0.4, 0.5) is 5.69 Å². The van der Waals surface area contributed by atoms with Gasteiger partial charge in [0.15, 0.2) is 0 Å². The van der Waals surface area contributed by atoms with Crippen LogP contribution in [0.1, 0.15) is 18.6 Å². The fourth-order valence-electron chi connectivity index (χ4n) is 1.21. The summed E-state index contributed by atoms with van der Waals surface area (Å²) in [5, 5.41) is 28.8. The van der Waals surface area contributed by atoms with Gasteiger partial charge in [0.2, 0.25) is 0 Å². The van der Waals surface area contributed by atoms with Crippen molar-refractivity contribution in [2.45, 2.75) is 17.9 Å². The molecular weight excluding hydrogens is 230 g/mol. The van der Waals surface area contributed by atoms with Crippen molar-refractivity contribution in [2.75, 3.05) is 12.4 Å². The van der Waals surface area contributed by atoms with Gasteiger partial charge in [-0.1, -0.05) is 6.07 Å². The Hall–Kier alpha value is -1.11. The highest BCUT2D eigenvalue weighted by Gasteiger charge is 2.16. The van der Waals surface area contributed by atoms with E-state index in [2.05, 4.69) is 0 Å². The van der Waals surface area contributed by atoms with Crippen molar-refractivity contribution in [3.63, 3.8) is 0 Å². The summed E-state index contributed by atoms with van der Waals surface area (Å²) in [6, 6.07) is 4.61. The van der Waals surface area contributed by atoms with Gasteiger partial charge in [-0.3, -0.25) is 10.1 Å². The van der Waals surface area contributed by atoms with Crippen LogP contribution in [0.15, 0.2) is 23.1 Å². The molecule has 0 spiro atoms. The maximum Gasteiger partial charge on any atom is 0.283 e. The molecule has 1 rings (SSSR count). The second-order valence-electron chi connectivity index (χ2n) is 3.23. The molecule has 0 unspecified atom stereocenters. The normalized spacial score (nSPS) is 12.4. The molecule has 0 amide bonds. The van der Waals surface area contributed by atoms with Gasteiger partial charge in [0.25, 0.3) is 5.69 Å². The van der Waals surface area contributed by atoms with E-state index >= 15 is 0 Å². The molecule has 0 heterocycles. The molecule has 6 heteroatoms. The number of aliphatic hydroxyl groups is 2. The number of hydrogen-bond donors (Lipinski definition) is 2. The van der Waals surface area contributed by atoms with E-state index in [9.17, 15) is 15.2 Å². The first-order chi connectivity index (χ1) is 7.56. The van der Waals surface area contributed by atoms with E-state index < -0.39 is 11.0 Å². The van der Waals surface area contributed by atoms with Gasteiger partial charge in [-0.2, -0.15) is 0 Å². The first-order valence-electron chi connectivity index (χ1n) is 4.76. The van der Waals surface area contributed by atoms with Crippen molar-refractivity contribution in [3.8, 4) is 0 Å². The van der Waals surface area contributed by atoms with Gasteiger partial charge < -0.3 is 10.2 Å². The molecule has 0 aromatic heterocycles. The zero-order valence-electron chi connectivity index (χ0n) is 8.79.